The highest BCUT2D eigenvalue weighted by molar-refractivity contribution is 5.95. The average molecular weight is 504 g/mol. The zero-order chi connectivity index (χ0) is 25.6. The topological polar surface area (TPSA) is 53.1 Å². The summed E-state index contributed by atoms with van der Waals surface area (Å²) in [6.45, 7) is 2.88. The Kier molecular flexibility index (Phi) is 8.57. The number of fused-ring (bicyclic) bond motifs is 3. The van der Waals surface area contributed by atoms with E-state index in [2.05, 4.69) is 46.2 Å². The number of hydrogen-bond donors (Lipinski definition) is 0. The number of amides is 2. The lowest BCUT2D eigenvalue weighted by molar-refractivity contribution is -0.137. The molecule has 2 aromatic carbocycles. The Morgan fingerprint density at radius 2 is 1.59 bits per heavy atom. The van der Waals surface area contributed by atoms with E-state index in [9.17, 15) is 9.59 Å². The second-order valence-electron chi connectivity index (χ2n) is 11.0. The van der Waals surface area contributed by atoms with Crippen LogP contribution in [-0.2, 0) is 27.4 Å². The van der Waals surface area contributed by atoms with E-state index in [4.69, 9.17) is 4.74 Å². The van der Waals surface area contributed by atoms with Gasteiger partial charge in [0.05, 0.1) is 0 Å². The minimum absolute atomic E-state index is 0.0233. The number of anilines is 1. The molecule has 1 aliphatic carbocycles. The largest absolute Gasteiger partial charge is 0.375 e. The Labute approximate surface area is 221 Å². The smallest absolute Gasteiger partial charge is 0.252 e. The maximum atomic E-state index is 13.9. The Morgan fingerprint density at radius 3 is 2.38 bits per heavy atom. The molecule has 2 amide bonds. The van der Waals surface area contributed by atoms with Crippen LogP contribution >= 0.6 is 0 Å². The first-order chi connectivity index (χ1) is 18.1. The number of benzene rings is 2. The molecule has 2 aromatic rings. The minimum Gasteiger partial charge on any atom is -0.375 e. The molecule has 0 aromatic heterocycles. The van der Waals surface area contributed by atoms with Crippen LogP contribution in [0.2, 0.25) is 0 Å². The van der Waals surface area contributed by atoms with Crippen LogP contribution in [0.1, 0.15) is 62.5 Å². The van der Waals surface area contributed by atoms with Crippen molar-refractivity contribution in [2.45, 2.75) is 76.5 Å². The summed E-state index contributed by atoms with van der Waals surface area (Å²) in [4.78, 5) is 33.9. The van der Waals surface area contributed by atoms with Crippen molar-refractivity contribution in [2.75, 3.05) is 31.7 Å². The van der Waals surface area contributed by atoms with Gasteiger partial charge in [-0.15, -0.1) is 0 Å². The third-order valence-electron chi connectivity index (χ3n) is 8.57. The quantitative estimate of drug-likeness (QED) is 0.576. The number of carbonyl (C=O) groups excluding carboxylic acids is 2. The maximum absolute atomic E-state index is 13.9. The molecule has 2 unspecified atom stereocenters. The van der Waals surface area contributed by atoms with Crippen LogP contribution in [0.25, 0.3) is 0 Å². The summed E-state index contributed by atoms with van der Waals surface area (Å²) in [7, 11) is 1.57. The van der Waals surface area contributed by atoms with E-state index in [1.54, 1.807) is 7.11 Å². The minimum atomic E-state index is -0.0233. The number of carbonyl (C=O) groups is 2. The van der Waals surface area contributed by atoms with Gasteiger partial charge in [-0.25, -0.2) is 0 Å². The molecule has 5 rings (SSSR count). The summed E-state index contributed by atoms with van der Waals surface area (Å²) in [5.41, 5.74) is 3.27. The lowest BCUT2D eigenvalue weighted by Crippen LogP contribution is -2.52. The van der Waals surface area contributed by atoms with E-state index in [0.29, 0.717) is 31.1 Å². The summed E-state index contributed by atoms with van der Waals surface area (Å²) < 4.78 is 5.27. The first kappa shape index (κ1) is 25.9. The van der Waals surface area contributed by atoms with Crippen molar-refractivity contribution in [3.05, 3.63) is 65.7 Å². The van der Waals surface area contributed by atoms with Gasteiger partial charge in [-0.2, -0.15) is 0 Å². The summed E-state index contributed by atoms with van der Waals surface area (Å²) in [5, 5.41) is 0. The Hall–Kier alpha value is -2.70. The van der Waals surface area contributed by atoms with Gasteiger partial charge in [-0.3, -0.25) is 14.5 Å². The predicted octanol–water partition coefficient (Wildman–Crippen LogP) is 5.01. The van der Waals surface area contributed by atoms with E-state index in [-0.39, 0.29) is 18.4 Å². The van der Waals surface area contributed by atoms with Gasteiger partial charge >= 0.3 is 0 Å². The number of piperidine rings is 1. The van der Waals surface area contributed by atoms with Crippen molar-refractivity contribution in [3.63, 3.8) is 0 Å². The molecule has 0 spiro atoms. The number of methoxy groups -OCH3 is 1. The molecule has 2 fully saturated rings. The molecule has 6 nitrogen and oxygen atoms in total. The molecular formula is C31H41N3O3. The predicted molar refractivity (Wildman–Crippen MR) is 146 cm³/mol. The number of nitrogens with zero attached hydrogens (tertiary/aromatic N) is 3. The summed E-state index contributed by atoms with van der Waals surface area (Å²) >= 11 is 0. The fraction of sp³-hybridized carbons (Fsp3) is 0.548. The second kappa shape index (κ2) is 12.2. The van der Waals surface area contributed by atoms with Gasteiger partial charge in [0.25, 0.3) is 5.91 Å². The zero-order valence-electron chi connectivity index (χ0n) is 22.2. The highest BCUT2D eigenvalue weighted by Crippen LogP contribution is 2.33. The molecule has 2 bridgehead atoms. The van der Waals surface area contributed by atoms with Gasteiger partial charge in [-0.1, -0.05) is 67.8 Å². The fourth-order valence-electron chi connectivity index (χ4n) is 6.67. The van der Waals surface area contributed by atoms with Crippen molar-refractivity contribution in [1.82, 2.24) is 9.80 Å². The third-order valence-corrected chi connectivity index (χ3v) is 8.57. The monoisotopic (exact) mass is 503 g/mol. The number of para-hydroxylation sites is 1. The Bertz CT molecular complexity index is 1050. The van der Waals surface area contributed by atoms with Crippen LogP contribution in [0.3, 0.4) is 0 Å². The summed E-state index contributed by atoms with van der Waals surface area (Å²) in [6, 6.07) is 19.5. The van der Waals surface area contributed by atoms with E-state index in [0.717, 1.165) is 75.7 Å². The van der Waals surface area contributed by atoms with Gasteiger partial charge in [0, 0.05) is 57.0 Å². The standard InChI is InChI=1S/C31H41N3O3/c1-37-23-30(35)33-19-18-27-15-9-16-28(34(27)20-24-10-3-2-4-11-24)22-32(31(36)25-12-5-6-13-25)21-26-14-7-8-17-29(26)33/h2-4,7-8,10-11,14,17,25,27-28H,5-6,9,12-13,15-16,18-23H2,1H3. The zero-order valence-corrected chi connectivity index (χ0v) is 22.2. The molecule has 2 heterocycles. The van der Waals surface area contributed by atoms with Gasteiger partial charge in [0.1, 0.15) is 6.61 Å². The van der Waals surface area contributed by atoms with Crippen molar-refractivity contribution in [1.29, 1.82) is 0 Å². The van der Waals surface area contributed by atoms with Crippen molar-refractivity contribution >= 4 is 17.5 Å². The van der Waals surface area contributed by atoms with Crippen LogP contribution in [0.4, 0.5) is 5.69 Å². The van der Waals surface area contributed by atoms with Gasteiger partial charge in [-0.05, 0) is 49.3 Å². The van der Waals surface area contributed by atoms with E-state index >= 15 is 0 Å². The second-order valence-corrected chi connectivity index (χ2v) is 11.0. The van der Waals surface area contributed by atoms with E-state index in [1.165, 1.54) is 5.56 Å². The normalized spacial score (nSPS) is 23.4. The van der Waals surface area contributed by atoms with Crippen LogP contribution in [0.5, 0.6) is 0 Å². The summed E-state index contributed by atoms with van der Waals surface area (Å²) in [5.74, 6) is 0.401. The lowest BCUT2D eigenvalue weighted by Gasteiger charge is -2.44. The van der Waals surface area contributed by atoms with E-state index in [1.807, 2.05) is 23.1 Å². The molecule has 2 aliphatic heterocycles. The molecule has 6 heteroatoms. The van der Waals surface area contributed by atoms with Crippen LogP contribution < -0.4 is 4.90 Å². The molecule has 37 heavy (non-hydrogen) atoms. The molecule has 2 atom stereocenters. The average Bonchev–Trinajstić information content (AvgIpc) is 3.45. The molecular weight excluding hydrogens is 462 g/mol. The first-order valence-electron chi connectivity index (χ1n) is 14.1. The SMILES string of the molecule is COCC(=O)N1CCC2CCCC(CN(C(=O)C3CCCC3)Cc3ccccc31)N2Cc1ccccc1. The van der Waals surface area contributed by atoms with E-state index < -0.39 is 0 Å². The van der Waals surface area contributed by atoms with Gasteiger partial charge < -0.3 is 14.5 Å². The van der Waals surface area contributed by atoms with Crippen molar-refractivity contribution in [3.8, 4) is 0 Å². The third kappa shape index (κ3) is 6.07. The summed E-state index contributed by atoms with van der Waals surface area (Å²) in [6.07, 6.45) is 8.57. The Morgan fingerprint density at radius 1 is 0.865 bits per heavy atom. The number of ether oxygens (including phenoxy) is 1. The van der Waals surface area contributed by atoms with Crippen LogP contribution in [0.15, 0.2) is 54.6 Å². The fourth-order valence-corrected chi connectivity index (χ4v) is 6.67. The Balaban J connectivity index is 1.53. The molecule has 0 radical (unpaired) electrons. The van der Waals surface area contributed by atoms with Crippen LogP contribution in [0, 0.1) is 5.92 Å². The van der Waals surface area contributed by atoms with Crippen molar-refractivity contribution < 1.29 is 14.3 Å². The van der Waals surface area contributed by atoms with Gasteiger partial charge in [0.15, 0.2) is 0 Å². The van der Waals surface area contributed by atoms with Crippen LogP contribution in [-0.4, -0.2) is 60.5 Å². The first-order valence-corrected chi connectivity index (χ1v) is 14.1. The molecule has 198 valence electrons. The highest BCUT2D eigenvalue weighted by atomic mass is 16.5. The van der Waals surface area contributed by atoms with Crippen molar-refractivity contribution in [2.24, 2.45) is 5.92 Å². The van der Waals surface area contributed by atoms with Gasteiger partial charge in [0.2, 0.25) is 5.91 Å². The number of hydrogen-bond acceptors (Lipinski definition) is 4. The molecule has 0 N–H and O–H groups in total. The molecule has 1 saturated carbocycles. The number of rotatable bonds is 5. The maximum Gasteiger partial charge on any atom is 0.252 e. The highest BCUT2D eigenvalue weighted by Gasteiger charge is 2.36. The molecule has 3 aliphatic rings. The lowest BCUT2D eigenvalue weighted by atomic mass is 9.92. The molecule has 1 saturated heterocycles.